The molecule has 2 aliphatic heterocycles. The van der Waals surface area contributed by atoms with Gasteiger partial charge in [0.1, 0.15) is 0 Å². The van der Waals surface area contributed by atoms with Gasteiger partial charge in [-0.25, -0.2) is 9.79 Å². The lowest BCUT2D eigenvalue weighted by Crippen LogP contribution is -2.48. The number of aromatic nitrogens is 1. The van der Waals surface area contributed by atoms with Crippen LogP contribution >= 0.6 is 0 Å². The highest BCUT2D eigenvalue weighted by atomic mass is 16.6. The second-order valence-corrected chi connectivity index (χ2v) is 7.43. The lowest BCUT2D eigenvalue weighted by Gasteiger charge is -2.35. The number of guanidine groups is 1. The number of hydrogen-bond acceptors (Lipinski definition) is 5. The third-order valence-corrected chi connectivity index (χ3v) is 5.42. The predicted molar refractivity (Wildman–Crippen MR) is 120 cm³/mol. The van der Waals surface area contributed by atoms with Crippen LogP contribution in [0.1, 0.15) is 5.56 Å². The third-order valence-electron chi connectivity index (χ3n) is 5.42. The number of aromatic amines is 1. The van der Waals surface area contributed by atoms with Crippen molar-refractivity contribution >= 4 is 34.4 Å². The van der Waals surface area contributed by atoms with Crippen molar-refractivity contribution in [3.63, 3.8) is 0 Å². The third kappa shape index (κ3) is 3.87. The molecule has 0 atom stereocenters. The molecule has 0 aliphatic carbocycles. The summed E-state index contributed by atoms with van der Waals surface area (Å²) in [5, 5.41) is 12.4. The van der Waals surface area contributed by atoms with Gasteiger partial charge in [-0.05, 0) is 30.3 Å². The number of nitrogens with one attached hydrogen (secondary N) is 3. The topological polar surface area (TPSA) is 96.8 Å². The Bertz CT molecular complexity index is 1190. The average Bonchev–Trinajstić information content (AvgIpc) is 3.41. The summed E-state index contributed by atoms with van der Waals surface area (Å²) in [4.78, 5) is 24.0. The van der Waals surface area contributed by atoms with Gasteiger partial charge in [0.25, 0.3) is 0 Å². The number of aliphatic imine (C=N–C) groups is 1. The second-order valence-electron chi connectivity index (χ2n) is 7.43. The van der Waals surface area contributed by atoms with Crippen molar-refractivity contribution in [2.75, 3.05) is 31.5 Å². The van der Waals surface area contributed by atoms with Crippen LogP contribution in [-0.4, -0.2) is 58.8 Å². The number of fused-ring (bicyclic) bond motifs is 1. The highest BCUT2D eigenvalue weighted by Crippen LogP contribution is 2.23. The summed E-state index contributed by atoms with van der Waals surface area (Å²) in [6, 6.07) is 17.4. The Labute approximate surface area is 179 Å². The summed E-state index contributed by atoms with van der Waals surface area (Å²) in [5.41, 5.74) is 2.95. The van der Waals surface area contributed by atoms with E-state index in [2.05, 4.69) is 15.3 Å². The van der Waals surface area contributed by atoms with Crippen molar-refractivity contribution < 1.29 is 9.53 Å². The van der Waals surface area contributed by atoms with E-state index in [0.717, 1.165) is 22.2 Å². The molecule has 3 heterocycles. The number of carbonyl (C=O) groups is 1. The number of anilines is 1. The number of rotatable bonds is 3. The van der Waals surface area contributed by atoms with Crippen molar-refractivity contribution in [2.45, 2.75) is 0 Å². The minimum absolute atomic E-state index is 0.300. The molecule has 0 radical (unpaired) electrons. The maximum absolute atomic E-state index is 12.4. The number of hydrogen-bond donors (Lipinski definition) is 3. The molecule has 31 heavy (non-hydrogen) atoms. The van der Waals surface area contributed by atoms with Crippen LogP contribution in [0.4, 0.5) is 5.69 Å². The van der Waals surface area contributed by atoms with Crippen molar-refractivity contribution in [3.8, 4) is 0 Å². The summed E-state index contributed by atoms with van der Waals surface area (Å²) in [6.07, 6.45) is 3.62. The number of benzene rings is 2. The molecule has 8 heteroatoms. The Morgan fingerprint density at radius 2 is 1.87 bits per heavy atom. The van der Waals surface area contributed by atoms with E-state index in [1.165, 1.54) is 0 Å². The summed E-state index contributed by atoms with van der Waals surface area (Å²) in [7, 11) is 0. The van der Waals surface area contributed by atoms with Gasteiger partial charge in [-0.2, -0.15) is 0 Å². The minimum Gasteiger partial charge on any atom is -0.402 e. The van der Waals surface area contributed by atoms with Crippen LogP contribution in [0.15, 0.2) is 77.7 Å². The van der Waals surface area contributed by atoms with E-state index in [1.807, 2.05) is 70.6 Å². The zero-order valence-electron chi connectivity index (χ0n) is 16.8. The number of para-hydroxylation sites is 1. The fraction of sp³-hybridized carbons (Fsp3) is 0.174. The van der Waals surface area contributed by atoms with E-state index in [-0.39, 0.29) is 0 Å². The number of piperazine rings is 1. The molecule has 8 nitrogen and oxygen atoms in total. The maximum atomic E-state index is 12.4. The van der Waals surface area contributed by atoms with Gasteiger partial charge < -0.3 is 24.8 Å². The first-order chi connectivity index (χ1) is 15.2. The zero-order chi connectivity index (χ0) is 21.2. The highest BCUT2D eigenvalue weighted by Gasteiger charge is 2.27. The molecule has 3 aromatic rings. The van der Waals surface area contributed by atoms with Gasteiger partial charge in [-0.1, -0.05) is 24.3 Å². The molecule has 1 aromatic heterocycles. The molecule has 1 saturated heterocycles. The molecule has 0 spiro atoms. The normalized spacial score (nSPS) is 17.7. The maximum Gasteiger partial charge on any atom is 0.365 e. The second kappa shape index (κ2) is 7.98. The van der Waals surface area contributed by atoms with E-state index in [1.54, 1.807) is 6.20 Å². The lowest BCUT2D eigenvalue weighted by atomic mass is 10.1. The molecule has 0 amide bonds. The molecule has 2 aliphatic rings. The largest absolute Gasteiger partial charge is 0.402 e. The number of H-pyrrole nitrogens is 1. The van der Waals surface area contributed by atoms with Crippen LogP contribution in [0.5, 0.6) is 0 Å². The average molecular weight is 414 g/mol. The Balaban J connectivity index is 1.25. The molecular weight excluding hydrogens is 392 g/mol. The first kappa shape index (κ1) is 18.9. The lowest BCUT2D eigenvalue weighted by molar-refractivity contribution is -0.130. The van der Waals surface area contributed by atoms with Crippen LogP contribution < -0.4 is 5.32 Å². The molecule has 0 unspecified atom stereocenters. The van der Waals surface area contributed by atoms with Crippen LogP contribution in [0.3, 0.4) is 0 Å². The summed E-state index contributed by atoms with van der Waals surface area (Å²) in [6.45, 7) is 2.73. The first-order valence-electron chi connectivity index (χ1n) is 10.2. The van der Waals surface area contributed by atoms with E-state index >= 15 is 0 Å². The highest BCUT2D eigenvalue weighted by molar-refractivity contribution is 6.16. The van der Waals surface area contributed by atoms with Crippen LogP contribution in [0, 0.1) is 5.41 Å². The standard InChI is InChI=1S/C23H22N6O2/c24-23(26-16-5-2-1-3-6-16)29-13-11-28(12-14-29)15-20-22(30)31-21(27-20)18-7-4-8-19-17(18)9-10-25-19/h1-10,15,25H,11-14H2,(H2,24,26). The number of nitrogens with zero attached hydrogens (tertiary/aromatic N) is 3. The summed E-state index contributed by atoms with van der Waals surface area (Å²) >= 11 is 0. The Kier molecular flexibility index (Phi) is 4.87. The summed E-state index contributed by atoms with van der Waals surface area (Å²) in [5.74, 6) is 0.260. The van der Waals surface area contributed by atoms with Gasteiger partial charge in [0.2, 0.25) is 5.90 Å². The molecule has 2 aromatic carbocycles. The molecule has 1 fully saturated rings. The van der Waals surface area contributed by atoms with Crippen LogP contribution in [0.2, 0.25) is 0 Å². The Morgan fingerprint density at radius 3 is 2.68 bits per heavy atom. The fourth-order valence-electron chi connectivity index (χ4n) is 3.77. The molecule has 156 valence electrons. The van der Waals surface area contributed by atoms with Gasteiger partial charge >= 0.3 is 5.97 Å². The zero-order valence-corrected chi connectivity index (χ0v) is 16.8. The van der Waals surface area contributed by atoms with Gasteiger partial charge in [0, 0.05) is 60.7 Å². The SMILES string of the molecule is N=C(Nc1ccccc1)N1CCN(C=C2N=C(c3cccc4[nH]ccc34)OC2=O)CC1. The Hall–Kier alpha value is -4.07. The molecule has 5 rings (SSSR count). The van der Waals surface area contributed by atoms with Crippen molar-refractivity contribution in [2.24, 2.45) is 4.99 Å². The van der Waals surface area contributed by atoms with Gasteiger partial charge in [0.05, 0.1) is 0 Å². The smallest absolute Gasteiger partial charge is 0.365 e. The monoisotopic (exact) mass is 414 g/mol. The Morgan fingerprint density at radius 1 is 1.06 bits per heavy atom. The van der Waals surface area contributed by atoms with Gasteiger partial charge in [-0.15, -0.1) is 0 Å². The molecule has 3 N–H and O–H groups in total. The van der Waals surface area contributed by atoms with Crippen molar-refractivity contribution in [3.05, 3.63) is 78.3 Å². The molecule has 0 bridgehead atoms. The van der Waals surface area contributed by atoms with E-state index in [0.29, 0.717) is 43.7 Å². The van der Waals surface area contributed by atoms with E-state index in [9.17, 15) is 4.79 Å². The van der Waals surface area contributed by atoms with Crippen molar-refractivity contribution in [1.29, 1.82) is 5.41 Å². The fourth-order valence-corrected chi connectivity index (χ4v) is 3.77. The number of esters is 1. The number of carbonyl (C=O) groups excluding carboxylic acids is 1. The van der Waals surface area contributed by atoms with Crippen LogP contribution in [0.25, 0.3) is 10.9 Å². The predicted octanol–water partition coefficient (Wildman–Crippen LogP) is 2.98. The molecular formula is C23H22N6O2. The van der Waals surface area contributed by atoms with Gasteiger partial charge in [-0.3, -0.25) is 5.41 Å². The summed E-state index contributed by atoms with van der Waals surface area (Å²) < 4.78 is 5.45. The minimum atomic E-state index is -0.441. The quantitative estimate of drug-likeness (QED) is 0.265. The molecule has 0 saturated carbocycles. The van der Waals surface area contributed by atoms with Crippen molar-refractivity contribution in [1.82, 2.24) is 14.8 Å². The van der Waals surface area contributed by atoms with Gasteiger partial charge in [0.15, 0.2) is 11.7 Å². The first-order valence-corrected chi connectivity index (χ1v) is 10.2. The van der Waals surface area contributed by atoms with E-state index in [4.69, 9.17) is 10.1 Å². The van der Waals surface area contributed by atoms with Crippen LogP contribution in [-0.2, 0) is 9.53 Å². The van der Waals surface area contributed by atoms with E-state index < -0.39 is 5.97 Å². The number of cyclic esters (lactones) is 1. The number of ether oxygens (including phenoxy) is 1.